The molecule has 0 saturated heterocycles. The topological polar surface area (TPSA) is 96.0 Å². The highest BCUT2D eigenvalue weighted by atomic mass is 79.9. The zero-order chi connectivity index (χ0) is 28.6. The van der Waals surface area contributed by atoms with Gasteiger partial charge < -0.3 is 15.0 Å². The number of nitrogens with zero attached hydrogens (tertiary/aromatic N) is 2. The van der Waals surface area contributed by atoms with Crippen LogP contribution in [0.1, 0.15) is 32.8 Å². The highest BCUT2D eigenvalue weighted by Gasteiger charge is 2.33. The van der Waals surface area contributed by atoms with Gasteiger partial charge in [0.05, 0.1) is 17.7 Å². The summed E-state index contributed by atoms with van der Waals surface area (Å²) >= 11 is 3.38. The summed E-state index contributed by atoms with van der Waals surface area (Å²) in [5, 5.41) is 2.89. The van der Waals surface area contributed by atoms with Crippen LogP contribution in [0.15, 0.2) is 88.2 Å². The molecular formula is C29H34BrN3O5S. The Labute approximate surface area is 239 Å². The number of carbonyl (C=O) groups excluding carboxylic acids is 2. The fraction of sp³-hybridized carbons (Fsp3) is 0.310. The molecule has 0 radical (unpaired) electrons. The van der Waals surface area contributed by atoms with Crippen LogP contribution in [0.4, 0.5) is 5.69 Å². The van der Waals surface area contributed by atoms with Crippen LogP contribution < -0.4 is 14.4 Å². The van der Waals surface area contributed by atoms with Crippen molar-refractivity contribution >= 4 is 43.5 Å². The van der Waals surface area contributed by atoms with Crippen LogP contribution in [0.5, 0.6) is 5.75 Å². The van der Waals surface area contributed by atoms with Gasteiger partial charge in [-0.25, -0.2) is 8.42 Å². The number of methoxy groups -OCH3 is 1. The number of rotatable bonds is 12. The molecule has 3 aromatic rings. The number of amides is 2. The van der Waals surface area contributed by atoms with E-state index in [-0.39, 0.29) is 23.4 Å². The van der Waals surface area contributed by atoms with Gasteiger partial charge in [-0.1, -0.05) is 53.2 Å². The maximum atomic E-state index is 14.0. The average Bonchev–Trinajstić information content (AvgIpc) is 2.92. The van der Waals surface area contributed by atoms with Crippen molar-refractivity contribution in [3.05, 3.63) is 88.9 Å². The van der Waals surface area contributed by atoms with Crippen LogP contribution >= 0.6 is 15.9 Å². The molecule has 0 bridgehead atoms. The molecule has 0 aromatic heterocycles. The molecular weight excluding hydrogens is 582 g/mol. The number of nitrogens with one attached hydrogen (secondary N) is 1. The minimum atomic E-state index is -4.10. The molecule has 208 valence electrons. The first-order valence-corrected chi connectivity index (χ1v) is 14.9. The third kappa shape index (κ3) is 7.83. The monoisotopic (exact) mass is 615 g/mol. The van der Waals surface area contributed by atoms with Gasteiger partial charge >= 0.3 is 0 Å². The van der Waals surface area contributed by atoms with E-state index in [1.54, 1.807) is 67.8 Å². The summed E-state index contributed by atoms with van der Waals surface area (Å²) in [4.78, 5) is 28.7. The second-order valence-electron chi connectivity index (χ2n) is 9.26. The van der Waals surface area contributed by atoms with Gasteiger partial charge in [-0.3, -0.25) is 13.9 Å². The molecule has 39 heavy (non-hydrogen) atoms. The Morgan fingerprint density at radius 1 is 0.974 bits per heavy atom. The molecule has 3 aromatic carbocycles. The Kier molecular flexibility index (Phi) is 10.5. The van der Waals surface area contributed by atoms with Crippen molar-refractivity contribution in [2.45, 2.75) is 50.7 Å². The fourth-order valence-electron chi connectivity index (χ4n) is 4.12. The van der Waals surface area contributed by atoms with E-state index >= 15 is 0 Å². The van der Waals surface area contributed by atoms with E-state index in [0.29, 0.717) is 17.9 Å². The Balaban J connectivity index is 2.05. The smallest absolute Gasteiger partial charge is 0.264 e. The Bertz CT molecular complexity index is 1370. The third-order valence-corrected chi connectivity index (χ3v) is 8.35. The van der Waals surface area contributed by atoms with Crippen molar-refractivity contribution in [1.29, 1.82) is 0 Å². The largest absolute Gasteiger partial charge is 0.497 e. The molecule has 0 aliphatic rings. The molecule has 1 atom stereocenters. The fourth-order valence-corrected chi connectivity index (χ4v) is 5.82. The third-order valence-electron chi connectivity index (χ3n) is 6.03. The van der Waals surface area contributed by atoms with Crippen molar-refractivity contribution in [3.8, 4) is 5.75 Å². The quantitative estimate of drug-likeness (QED) is 0.310. The summed E-state index contributed by atoms with van der Waals surface area (Å²) in [5.74, 6) is -0.196. The summed E-state index contributed by atoms with van der Waals surface area (Å²) in [7, 11) is -2.55. The maximum absolute atomic E-state index is 14.0. The van der Waals surface area contributed by atoms with Gasteiger partial charge in [0, 0.05) is 17.1 Å². The van der Waals surface area contributed by atoms with Crippen LogP contribution in [-0.2, 0) is 26.2 Å². The molecule has 8 nitrogen and oxygen atoms in total. The lowest BCUT2D eigenvalue weighted by Gasteiger charge is -2.33. The summed E-state index contributed by atoms with van der Waals surface area (Å²) in [6, 6.07) is 21.0. The summed E-state index contributed by atoms with van der Waals surface area (Å²) < 4.78 is 34.8. The number of halogens is 1. The lowest BCUT2D eigenvalue weighted by Crippen LogP contribution is -2.53. The van der Waals surface area contributed by atoms with E-state index in [9.17, 15) is 18.0 Å². The van der Waals surface area contributed by atoms with Crippen molar-refractivity contribution in [3.63, 3.8) is 0 Å². The number of anilines is 1. The maximum Gasteiger partial charge on any atom is 0.264 e. The molecule has 0 saturated carbocycles. The number of hydrogen-bond donors (Lipinski definition) is 1. The standard InChI is InChI=1S/C29H34BrN3O5S/c1-5-27(29(35)31-21(2)3)32(19-22-10-9-11-25(18-22)38-4)28(34)20-33(24-16-14-23(30)15-17-24)39(36,37)26-12-7-6-8-13-26/h6-18,21,27H,5,19-20H2,1-4H3,(H,31,35)/t27-/m1/s1. The molecule has 0 unspecified atom stereocenters. The second-order valence-corrected chi connectivity index (χ2v) is 12.0. The van der Waals surface area contributed by atoms with Crippen LogP contribution in [0.3, 0.4) is 0 Å². The van der Waals surface area contributed by atoms with Crippen molar-refractivity contribution in [1.82, 2.24) is 10.2 Å². The Hall–Kier alpha value is -3.37. The van der Waals surface area contributed by atoms with E-state index in [1.165, 1.54) is 17.0 Å². The summed E-state index contributed by atoms with van der Waals surface area (Å²) in [5.41, 5.74) is 1.08. The SMILES string of the molecule is CC[C@H](C(=O)NC(C)C)N(Cc1cccc(OC)c1)C(=O)CN(c1ccc(Br)cc1)S(=O)(=O)c1ccccc1. The number of carbonyl (C=O) groups is 2. The average molecular weight is 617 g/mol. The number of sulfonamides is 1. The zero-order valence-corrected chi connectivity index (χ0v) is 24.9. The minimum Gasteiger partial charge on any atom is -0.497 e. The Morgan fingerprint density at radius 3 is 2.23 bits per heavy atom. The Morgan fingerprint density at radius 2 is 1.64 bits per heavy atom. The second kappa shape index (κ2) is 13.6. The van der Waals surface area contributed by atoms with Crippen molar-refractivity contribution in [2.75, 3.05) is 18.0 Å². The summed E-state index contributed by atoms with van der Waals surface area (Å²) in [6.45, 7) is 5.12. The number of hydrogen-bond acceptors (Lipinski definition) is 5. The van der Waals surface area contributed by atoms with Crippen LogP contribution in [-0.4, -0.2) is 50.9 Å². The molecule has 0 fully saturated rings. The van der Waals surface area contributed by atoms with Crippen LogP contribution in [0.2, 0.25) is 0 Å². The van der Waals surface area contributed by atoms with Crippen LogP contribution in [0, 0.1) is 0 Å². The van der Waals surface area contributed by atoms with Gasteiger partial charge in [0.15, 0.2) is 0 Å². The predicted molar refractivity (Wildman–Crippen MR) is 156 cm³/mol. The van der Waals surface area contributed by atoms with E-state index < -0.39 is 28.5 Å². The molecule has 10 heteroatoms. The number of benzene rings is 3. The van der Waals surface area contributed by atoms with E-state index in [0.717, 1.165) is 14.3 Å². The molecule has 0 aliphatic heterocycles. The van der Waals surface area contributed by atoms with Gasteiger partial charge in [-0.2, -0.15) is 0 Å². The zero-order valence-electron chi connectivity index (χ0n) is 22.5. The van der Waals surface area contributed by atoms with E-state index in [2.05, 4.69) is 21.2 Å². The first kappa shape index (κ1) is 30.2. The van der Waals surface area contributed by atoms with Gasteiger partial charge in [0.25, 0.3) is 10.0 Å². The first-order valence-electron chi connectivity index (χ1n) is 12.6. The van der Waals surface area contributed by atoms with E-state index in [4.69, 9.17) is 4.74 Å². The van der Waals surface area contributed by atoms with Crippen molar-refractivity contribution < 1.29 is 22.7 Å². The van der Waals surface area contributed by atoms with Gasteiger partial charge in [0.1, 0.15) is 18.3 Å². The van der Waals surface area contributed by atoms with E-state index in [1.807, 2.05) is 26.8 Å². The first-order chi connectivity index (χ1) is 18.6. The molecule has 1 N–H and O–H groups in total. The summed E-state index contributed by atoms with van der Waals surface area (Å²) in [6.07, 6.45) is 0.345. The molecule has 2 amide bonds. The normalized spacial score (nSPS) is 12.1. The molecule has 0 spiro atoms. The lowest BCUT2D eigenvalue weighted by atomic mass is 10.1. The molecule has 0 aliphatic carbocycles. The number of ether oxygens (including phenoxy) is 1. The van der Waals surface area contributed by atoms with Gasteiger partial charge in [0.2, 0.25) is 11.8 Å². The molecule has 3 rings (SSSR count). The predicted octanol–water partition coefficient (Wildman–Crippen LogP) is 4.99. The molecule has 0 heterocycles. The van der Waals surface area contributed by atoms with Gasteiger partial charge in [-0.15, -0.1) is 0 Å². The van der Waals surface area contributed by atoms with Crippen LogP contribution in [0.25, 0.3) is 0 Å². The highest BCUT2D eigenvalue weighted by molar-refractivity contribution is 9.10. The van der Waals surface area contributed by atoms with Crippen molar-refractivity contribution in [2.24, 2.45) is 0 Å². The highest BCUT2D eigenvalue weighted by Crippen LogP contribution is 2.26. The minimum absolute atomic E-state index is 0.0599. The van der Waals surface area contributed by atoms with Gasteiger partial charge in [-0.05, 0) is 74.4 Å². The lowest BCUT2D eigenvalue weighted by molar-refractivity contribution is -0.140.